The molecule has 5 heteroatoms. The number of nitrogens with zero attached hydrogens (tertiary/aromatic N) is 1. The van der Waals surface area contributed by atoms with Crippen molar-refractivity contribution >= 4 is 28.4 Å². The molecule has 2 atom stereocenters. The molecule has 0 bridgehead atoms. The summed E-state index contributed by atoms with van der Waals surface area (Å²) in [6, 6.07) is 8.43. The minimum absolute atomic E-state index is 0.00348. The fourth-order valence-electron chi connectivity index (χ4n) is 4.14. The molecule has 1 N–H and O–H groups in total. The van der Waals surface area contributed by atoms with Crippen LogP contribution in [0, 0.1) is 0 Å². The average molecular weight is 333 g/mol. The van der Waals surface area contributed by atoms with Crippen LogP contribution in [0.4, 0.5) is 0 Å². The highest BCUT2D eigenvalue weighted by Crippen LogP contribution is 2.47. The number of aromatic amines is 1. The van der Waals surface area contributed by atoms with Gasteiger partial charge in [-0.25, -0.2) is 0 Å². The number of hydrogen-bond donors (Lipinski definition) is 1. The predicted molar refractivity (Wildman–Crippen MR) is 90.9 cm³/mol. The number of H-pyrrole nitrogens is 1. The van der Waals surface area contributed by atoms with Gasteiger partial charge in [0, 0.05) is 29.9 Å². The Morgan fingerprint density at radius 1 is 1.43 bits per heavy atom. The number of aromatic nitrogens is 1. The van der Waals surface area contributed by atoms with Crippen molar-refractivity contribution in [2.24, 2.45) is 0 Å². The number of carbonyl (C=O) groups excluding carboxylic acids is 1. The Morgan fingerprint density at radius 3 is 3.00 bits per heavy atom. The number of fused-ring (bicyclic) bond motifs is 5. The normalized spacial score (nSPS) is 26.0. The number of carbonyl (C=O) groups is 1. The van der Waals surface area contributed by atoms with Crippen LogP contribution in [0.3, 0.4) is 0 Å². The zero-order chi connectivity index (χ0) is 16.2. The van der Waals surface area contributed by atoms with Crippen LogP contribution in [0.25, 0.3) is 10.9 Å². The van der Waals surface area contributed by atoms with Crippen molar-refractivity contribution in [3.05, 3.63) is 35.5 Å². The minimum atomic E-state index is -0.386. The summed E-state index contributed by atoms with van der Waals surface area (Å²) in [7, 11) is 0. The van der Waals surface area contributed by atoms with Gasteiger partial charge in [-0.2, -0.15) is 0 Å². The second-order valence-corrected chi connectivity index (χ2v) is 7.26. The van der Waals surface area contributed by atoms with E-state index in [1.54, 1.807) is 0 Å². The van der Waals surface area contributed by atoms with Gasteiger partial charge in [-0.1, -0.05) is 18.2 Å². The lowest BCUT2D eigenvalue weighted by Crippen LogP contribution is -2.51. The summed E-state index contributed by atoms with van der Waals surface area (Å²) in [5.41, 5.74) is 3.33. The fraction of sp³-hybridized carbons (Fsp3) is 0.500. The first kappa shape index (κ1) is 15.0. The molecule has 3 heterocycles. The Balaban J connectivity index is 1.79. The molecule has 2 aliphatic heterocycles. The third-order valence-electron chi connectivity index (χ3n) is 5.19. The number of amides is 1. The molecule has 122 valence electrons. The molecular weight excluding hydrogens is 312 g/mol. The Kier molecular flexibility index (Phi) is 3.43. The van der Waals surface area contributed by atoms with Crippen molar-refractivity contribution in [2.45, 2.75) is 37.9 Å². The van der Waals surface area contributed by atoms with Crippen LogP contribution < -0.4 is 0 Å². The van der Waals surface area contributed by atoms with E-state index in [2.05, 4.69) is 43.1 Å². The monoisotopic (exact) mass is 332 g/mol. The summed E-state index contributed by atoms with van der Waals surface area (Å²) in [5.74, 6) is 0.365. The molecule has 1 saturated heterocycles. The highest BCUT2D eigenvalue weighted by Gasteiger charge is 2.45. The largest absolute Gasteiger partial charge is 0.364 e. The molecule has 0 saturated carbocycles. The SMILES string of the molecule is CC1(C)O[C@H]2CN(C(=O)CCl)CC[C@@H]2c2c1[nH]c1ccccc21. The number of nitrogens with one attached hydrogen (secondary N) is 1. The highest BCUT2D eigenvalue weighted by atomic mass is 35.5. The van der Waals surface area contributed by atoms with Crippen LogP contribution in [0.1, 0.15) is 37.4 Å². The van der Waals surface area contributed by atoms with Crippen LogP contribution in [-0.2, 0) is 15.1 Å². The van der Waals surface area contributed by atoms with Crippen LogP contribution >= 0.6 is 11.6 Å². The van der Waals surface area contributed by atoms with Crippen LogP contribution in [-0.4, -0.2) is 40.9 Å². The summed E-state index contributed by atoms with van der Waals surface area (Å²) in [6.07, 6.45) is 0.940. The lowest BCUT2D eigenvalue weighted by Gasteiger charge is -2.46. The molecule has 0 spiro atoms. The number of benzene rings is 1. The summed E-state index contributed by atoms with van der Waals surface area (Å²) in [5, 5.41) is 1.28. The fourth-order valence-corrected chi connectivity index (χ4v) is 4.31. The van der Waals surface area contributed by atoms with Crippen LogP contribution in [0.5, 0.6) is 0 Å². The van der Waals surface area contributed by atoms with E-state index < -0.39 is 0 Å². The molecule has 0 radical (unpaired) electrons. The van der Waals surface area contributed by atoms with Gasteiger partial charge in [0.25, 0.3) is 0 Å². The molecule has 1 aromatic heterocycles. The lowest BCUT2D eigenvalue weighted by molar-refractivity contribution is -0.146. The number of para-hydroxylation sites is 1. The van der Waals surface area contributed by atoms with Gasteiger partial charge in [-0.3, -0.25) is 4.79 Å². The number of piperidine rings is 1. The standard InChI is InChI=1S/C18H21ClN2O2/c1-18(2)17-16(11-5-3-4-6-13(11)20-17)12-7-8-21(15(22)9-19)10-14(12)23-18/h3-6,12,14,20H,7-10H2,1-2H3/t12-,14-/m0/s1. The maximum Gasteiger partial charge on any atom is 0.237 e. The summed E-state index contributed by atoms with van der Waals surface area (Å²) in [6.45, 7) is 5.56. The minimum Gasteiger partial charge on any atom is -0.364 e. The molecule has 1 fully saturated rings. The quantitative estimate of drug-likeness (QED) is 0.814. The second kappa shape index (κ2) is 5.25. The number of rotatable bonds is 1. The van der Waals surface area contributed by atoms with Gasteiger partial charge in [0.2, 0.25) is 5.91 Å². The Hall–Kier alpha value is -1.52. The van der Waals surface area contributed by atoms with E-state index in [0.29, 0.717) is 12.5 Å². The Bertz CT molecular complexity index is 767. The van der Waals surface area contributed by atoms with Gasteiger partial charge in [0.1, 0.15) is 11.5 Å². The maximum absolute atomic E-state index is 11.9. The van der Waals surface area contributed by atoms with E-state index in [4.69, 9.17) is 16.3 Å². The van der Waals surface area contributed by atoms with E-state index in [-0.39, 0.29) is 23.5 Å². The molecule has 1 amide bonds. The molecule has 1 aromatic carbocycles. The van der Waals surface area contributed by atoms with E-state index in [9.17, 15) is 4.79 Å². The van der Waals surface area contributed by atoms with Gasteiger partial charge < -0.3 is 14.6 Å². The first-order valence-electron chi connectivity index (χ1n) is 8.14. The van der Waals surface area contributed by atoms with E-state index >= 15 is 0 Å². The van der Waals surface area contributed by atoms with Gasteiger partial charge in [-0.05, 0) is 31.9 Å². The molecule has 2 aliphatic rings. The molecule has 0 unspecified atom stereocenters. The Labute approximate surface area is 140 Å². The van der Waals surface area contributed by atoms with Gasteiger partial charge in [0.15, 0.2) is 0 Å². The summed E-state index contributed by atoms with van der Waals surface area (Å²) in [4.78, 5) is 17.3. The third-order valence-corrected chi connectivity index (χ3v) is 5.42. The molecule has 0 aliphatic carbocycles. The smallest absolute Gasteiger partial charge is 0.237 e. The molecule has 23 heavy (non-hydrogen) atoms. The number of hydrogen-bond acceptors (Lipinski definition) is 2. The topological polar surface area (TPSA) is 45.3 Å². The average Bonchev–Trinajstić information content (AvgIpc) is 2.94. The highest BCUT2D eigenvalue weighted by molar-refractivity contribution is 6.27. The second-order valence-electron chi connectivity index (χ2n) is 6.99. The molecule has 2 aromatic rings. The van der Waals surface area contributed by atoms with Crippen LogP contribution in [0.15, 0.2) is 24.3 Å². The number of likely N-dealkylation sites (tertiary alicyclic amines) is 1. The predicted octanol–water partition coefficient (Wildman–Crippen LogP) is 3.36. The lowest BCUT2D eigenvalue weighted by atomic mass is 9.79. The van der Waals surface area contributed by atoms with Crippen molar-refractivity contribution in [1.29, 1.82) is 0 Å². The number of ether oxygens (including phenoxy) is 1. The zero-order valence-electron chi connectivity index (χ0n) is 13.4. The van der Waals surface area contributed by atoms with Crippen molar-refractivity contribution < 1.29 is 9.53 Å². The van der Waals surface area contributed by atoms with Gasteiger partial charge >= 0.3 is 0 Å². The molecule has 4 rings (SSSR count). The van der Waals surface area contributed by atoms with Crippen molar-refractivity contribution in [1.82, 2.24) is 9.88 Å². The molecule has 4 nitrogen and oxygen atoms in total. The summed E-state index contributed by atoms with van der Waals surface area (Å²) >= 11 is 5.72. The van der Waals surface area contributed by atoms with Crippen molar-refractivity contribution in [3.8, 4) is 0 Å². The number of halogens is 1. The van der Waals surface area contributed by atoms with Gasteiger partial charge in [0.05, 0.1) is 11.8 Å². The third kappa shape index (κ3) is 2.27. The van der Waals surface area contributed by atoms with E-state index in [0.717, 1.165) is 18.5 Å². The van der Waals surface area contributed by atoms with Crippen molar-refractivity contribution in [2.75, 3.05) is 19.0 Å². The number of alkyl halides is 1. The maximum atomic E-state index is 11.9. The van der Waals surface area contributed by atoms with E-state index in [1.165, 1.54) is 16.6 Å². The molecular formula is C18H21ClN2O2. The first-order chi connectivity index (χ1) is 11.0. The zero-order valence-corrected chi connectivity index (χ0v) is 14.2. The van der Waals surface area contributed by atoms with Gasteiger partial charge in [-0.15, -0.1) is 11.6 Å². The van der Waals surface area contributed by atoms with E-state index in [1.807, 2.05) is 4.90 Å². The first-order valence-corrected chi connectivity index (χ1v) is 8.67. The Morgan fingerprint density at radius 2 is 2.22 bits per heavy atom. The van der Waals surface area contributed by atoms with Crippen molar-refractivity contribution in [3.63, 3.8) is 0 Å². The van der Waals surface area contributed by atoms with Crippen LogP contribution in [0.2, 0.25) is 0 Å². The summed E-state index contributed by atoms with van der Waals surface area (Å²) < 4.78 is 6.39.